The van der Waals surface area contributed by atoms with Gasteiger partial charge in [0.25, 0.3) is 0 Å². The summed E-state index contributed by atoms with van der Waals surface area (Å²) < 4.78 is 5.68. The second kappa shape index (κ2) is 5.82. The third-order valence-corrected chi connectivity index (χ3v) is 5.33. The zero-order valence-electron chi connectivity index (χ0n) is 14.2. The average Bonchev–Trinajstić information content (AvgIpc) is 2.40. The third-order valence-electron chi connectivity index (χ3n) is 5.33. The van der Waals surface area contributed by atoms with Crippen LogP contribution in [0.3, 0.4) is 0 Å². The number of hydrogen-bond acceptors (Lipinski definition) is 2. The van der Waals surface area contributed by atoms with Crippen molar-refractivity contribution in [1.82, 2.24) is 0 Å². The summed E-state index contributed by atoms with van der Waals surface area (Å²) in [5.74, 6) is 2.00. The summed E-state index contributed by atoms with van der Waals surface area (Å²) in [6.45, 7) is 10.8. The molecule has 2 heteroatoms. The minimum atomic E-state index is -0.180. The minimum absolute atomic E-state index is 0.102. The molecule has 2 unspecified atom stereocenters. The zero-order valence-corrected chi connectivity index (χ0v) is 14.2. The van der Waals surface area contributed by atoms with Crippen LogP contribution in [0, 0.1) is 25.7 Å². The van der Waals surface area contributed by atoms with Gasteiger partial charge in [-0.25, -0.2) is 0 Å². The molecule has 0 bridgehead atoms. The molecular formula is C19H28O2. The second-order valence-electron chi connectivity index (χ2n) is 7.22. The van der Waals surface area contributed by atoms with Crippen molar-refractivity contribution in [2.24, 2.45) is 11.8 Å². The van der Waals surface area contributed by atoms with Crippen molar-refractivity contribution in [2.75, 3.05) is 7.11 Å². The van der Waals surface area contributed by atoms with Crippen LogP contribution < -0.4 is 4.74 Å². The lowest BCUT2D eigenvalue weighted by Gasteiger charge is -2.39. The standard InChI is InChI=1S/C19H28O2/c1-12-7-9-15(17(20)11-12)19(4,5)16-10-8-13(2)14(3)18(16)21-6/h8,10,12,15H,7,9,11H2,1-6H3. The molecule has 1 aromatic rings. The van der Waals surface area contributed by atoms with Crippen LogP contribution in [0.2, 0.25) is 0 Å². The van der Waals surface area contributed by atoms with E-state index < -0.39 is 0 Å². The molecule has 2 nitrogen and oxygen atoms in total. The molecule has 0 aliphatic heterocycles. The molecule has 0 spiro atoms. The fourth-order valence-corrected chi connectivity index (χ4v) is 3.71. The molecule has 116 valence electrons. The Morgan fingerprint density at radius 2 is 1.86 bits per heavy atom. The van der Waals surface area contributed by atoms with Crippen LogP contribution in [-0.4, -0.2) is 12.9 Å². The van der Waals surface area contributed by atoms with Gasteiger partial charge in [0, 0.05) is 23.3 Å². The van der Waals surface area contributed by atoms with Crippen LogP contribution in [0.15, 0.2) is 12.1 Å². The van der Waals surface area contributed by atoms with E-state index >= 15 is 0 Å². The first-order chi connectivity index (χ1) is 9.78. The maximum Gasteiger partial charge on any atom is 0.137 e. The lowest BCUT2D eigenvalue weighted by Crippen LogP contribution is -2.38. The van der Waals surface area contributed by atoms with Crippen LogP contribution >= 0.6 is 0 Å². The maximum absolute atomic E-state index is 12.5. The van der Waals surface area contributed by atoms with Crippen molar-refractivity contribution in [3.63, 3.8) is 0 Å². The highest BCUT2D eigenvalue weighted by atomic mass is 16.5. The number of carbonyl (C=O) groups excluding carboxylic acids is 1. The molecule has 0 N–H and O–H groups in total. The van der Waals surface area contributed by atoms with Gasteiger partial charge in [-0.3, -0.25) is 4.79 Å². The van der Waals surface area contributed by atoms with E-state index in [-0.39, 0.29) is 11.3 Å². The number of ketones is 1. The SMILES string of the molecule is COc1c(C(C)(C)C2CCC(C)CC2=O)ccc(C)c1C. The predicted octanol–water partition coefficient (Wildman–Crippen LogP) is 4.59. The molecular weight excluding hydrogens is 260 g/mol. The van der Waals surface area contributed by atoms with E-state index in [4.69, 9.17) is 4.74 Å². The fourth-order valence-electron chi connectivity index (χ4n) is 3.71. The summed E-state index contributed by atoms with van der Waals surface area (Å²) in [5, 5.41) is 0. The topological polar surface area (TPSA) is 26.3 Å². The quantitative estimate of drug-likeness (QED) is 0.813. The molecule has 1 fully saturated rings. The number of carbonyl (C=O) groups is 1. The number of aryl methyl sites for hydroxylation is 1. The lowest BCUT2D eigenvalue weighted by atomic mass is 9.65. The minimum Gasteiger partial charge on any atom is -0.496 e. The largest absolute Gasteiger partial charge is 0.496 e. The van der Waals surface area contributed by atoms with Gasteiger partial charge in [0.1, 0.15) is 11.5 Å². The summed E-state index contributed by atoms with van der Waals surface area (Å²) in [6.07, 6.45) is 2.86. The number of ether oxygens (including phenoxy) is 1. The highest BCUT2D eigenvalue weighted by Gasteiger charge is 2.40. The van der Waals surface area contributed by atoms with Crippen LogP contribution in [0.25, 0.3) is 0 Å². The van der Waals surface area contributed by atoms with Crippen LogP contribution in [-0.2, 0) is 10.2 Å². The molecule has 1 aliphatic rings. The van der Waals surface area contributed by atoms with Gasteiger partial charge < -0.3 is 4.74 Å². The van der Waals surface area contributed by atoms with Crippen molar-refractivity contribution in [1.29, 1.82) is 0 Å². The number of Topliss-reactive ketones (excluding diaryl/α,β-unsaturated/α-hetero) is 1. The van der Waals surface area contributed by atoms with Crippen LogP contribution in [0.4, 0.5) is 0 Å². The van der Waals surface area contributed by atoms with E-state index in [1.54, 1.807) is 7.11 Å². The Morgan fingerprint density at radius 3 is 2.43 bits per heavy atom. The Morgan fingerprint density at radius 1 is 1.19 bits per heavy atom. The number of rotatable bonds is 3. The number of benzene rings is 1. The molecule has 0 heterocycles. The Kier molecular flexibility index (Phi) is 4.46. The first kappa shape index (κ1) is 16.1. The Hall–Kier alpha value is -1.31. The van der Waals surface area contributed by atoms with Gasteiger partial charge in [0.15, 0.2) is 0 Å². The highest BCUT2D eigenvalue weighted by molar-refractivity contribution is 5.83. The van der Waals surface area contributed by atoms with Crippen molar-refractivity contribution >= 4 is 5.78 Å². The van der Waals surface area contributed by atoms with E-state index in [2.05, 4.69) is 46.8 Å². The normalized spacial score (nSPS) is 23.2. The molecule has 1 aromatic carbocycles. The summed E-state index contributed by atoms with van der Waals surface area (Å²) >= 11 is 0. The van der Waals surface area contributed by atoms with E-state index in [1.165, 1.54) is 16.7 Å². The smallest absolute Gasteiger partial charge is 0.137 e. The van der Waals surface area contributed by atoms with Gasteiger partial charge in [-0.05, 0) is 43.7 Å². The zero-order chi connectivity index (χ0) is 15.8. The van der Waals surface area contributed by atoms with Crippen molar-refractivity contribution in [3.8, 4) is 5.75 Å². The van der Waals surface area contributed by atoms with E-state index in [0.717, 1.165) is 25.0 Å². The van der Waals surface area contributed by atoms with Gasteiger partial charge in [-0.2, -0.15) is 0 Å². The van der Waals surface area contributed by atoms with Gasteiger partial charge in [-0.1, -0.05) is 32.9 Å². The molecule has 0 radical (unpaired) electrons. The van der Waals surface area contributed by atoms with Crippen molar-refractivity contribution in [2.45, 2.75) is 59.3 Å². The van der Waals surface area contributed by atoms with Gasteiger partial charge in [-0.15, -0.1) is 0 Å². The Labute approximate surface area is 128 Å². The third kappa shape index (κ3) is 2.86. The summed E-state index contributed by atoms with van der Waals surface area (Å²) in [6, 6.07) is 4.29. The van der Waals surface area contributed by atoms with Gasteiger partial charge >= 0.3 is 0 Å². The maximum atomic E-state index is 12.5. The van der Waals surface area contributed by atoms with Gasteiger partial charge in [0.2, 0.25) is 0 Å². The number of methoxy groups -OCH3 is 1. The van der Waals surface area contributed by atoms with E-state index in [1.807, 2.05) is 0 Å². The Bertz CT molecular complexity index is 543. The molecule has 1 aliphatic carbocycles. The first-order valence-corrected chi connectivity index (χ1v) is 7.96. The Balaban J connectivity index is 2.44. The van der Waals surface area contributed by atoms with E-state index in [0.29, 0.717) is 11.7 Å². The van der Waals surface area contributed by atoms with E-state index in [9.17, 15) is 4.79 Å². The highest BCUT2D eigenvalue weighted by Crippen LogP contribution is 2.44. The molecule has 0 aromatic heterocycles. The second-order valence-corrected chi connectivity index (χ2v) is 7.22. The van der Waals surface area contributed by atoms with Gasteiger partial charge in [0.05, 0.1) is 7.11 Å². The summed E-state index contributed by atoms with van der Waals surface area (Å²) in [7, 11) is 1.73. The summed E-state index contributed by atoms with van der Waals surface area (Å²) in [4.78, 5) is 12.5. The number of hydrogen-bond donors (Lipinski definition) is 0. The monoisotopic (exact) mass is 288 g/mol. The van der Waals surface area contributed by atoms with Crippen molar-refractivity contribution in [3.05, 3.63) is 28.8 Å². The molecule has 1 saturated carbocycles. The van der Waals surface area contributed by atoms with Crippen LogP contribution in [0.1, 0.15) is 56.7 Å². The fraction of sp³-hybridized carbons (Fsp3) is 0.632. The average molecular weight is 288 g/mol. The summed E-state index contributed by atoms with van der Waals surface area (Å²) in [5.41, 5.74) is 3.40. The predicted molar refractivity (Wildman–Crippen MR) is 87.0 cm³/mol. The van der Waals surface area contributed by atoms with Crippen LogP contribution in [0.5, 0.6) is 5.75 Å². The molecule has 2 rings (SSSR count). The first-order valence-electron chi connectivity index (χ1n) is 7.96. The van der Waals surface area contributed by atoms with Crippen molar-refractivity contribution < 1.29 is 9.53 Å². The molecule has 2 atom stereocenters. The molecule has 0 saturated heterocycles. The molecule has 21 heavy (non-hydrogen) atoms. The lowest BCUT2D eigenvalue weighted by molar-refractivity contribution is -0.128. The molecule has 0 amide bonds.